The first kappa shape index (κ1) is 103. The SMILES string of the molecule is CC(C)(C)C(=O)C=C(O)C(C)(C)C.CC(C)(C)C(=O)C=C(O)C(C)(C)C.CC(C)(C)C(=O)C=C(O)C(C)(C)C.Cc1[c-]c(-c2ncnc3cc(-c4cocn4)ccc23)c2sc3cccc(C)c3c2c1.Cc1[c-]c(-c2ncnc3cc(-c4cscn4)ccc23)c2sc3cccc(C)c3c2c1.Cc1[c-]c(-c2ncnc3cc(-n4ccnc4)ccc23)c2sc3cccc(C)c3c2c1.[Ir].[Ir].[Ir]. The van der Waals surface area contributed by atoms with Crippen molar-refractivity contribution in [2.45, 2.75) is 166 Å². The molecule has 9 aromatic carbocycles. The van der Waals surface area contributed by atoms with E-state index < -0.39 is 16.2 Å². The van der Waals surface area contributed by atoms with E-state index in [0.717, 1.165) is 111 Å². The second-order valence-electron chi connectivity index (χ2n) is 38.6. The molecular weight excluding hydrogens is 2250 g/mol. The molecule has 17 nitrogen and oxygen atoms in total. The first-order chi connectivity index (χ1) is 60.7. The van der Waals surface area contributed by atoms with Gasteiger partial charge in [0.15, 0.2) is 23.7 Å². The molecule has 0 saturated heterocycles. The maximum atomic E-state index is 11.5. The van der Waals surface area contributed by atoms with Crippen LogP contribution in [-0.2, 0) is 74.7 Å². The predicted octanol–water partition coefficient (Wildman–Crippen LogP) is 29.5. The summed E-state index contributed by atoms with van der Waals surface area (Å²) in [7, 11) is 0. The summed E-state index contributed by atoms with van der Waals surface area (Å²) >= 11 is 7.03. The molecule has 3 N–H and O–H groups in total. The number of aliphatic hydroxyl groups excluding tert-OH is 3. The Hall–Kier alpha value is -10.7. The van der Waals surface area contributed by atoms with E-state index in [1.54, 1.807) is 60.4 Å². The number of carbonyl (C=O) groups excluding carboxylic acids is 3. The largest absolute Gasteiger partial charge is 0.512 e. The Morgan fingerprint density at radius 1 is 0.394 bits per heavy atom. The number of ketones is 3. The van der Waals surface area contributed by atoms with E-state index in [2.05, 4.69) is 215 Å². The summed E-state index contributed by atoms with van der Waals surface area (Å²) in [6, 6.07) is 55.7. The molecule has 9 heterocycles. The summed E-state index contributed by atoms with van der Waals surface area (Å²) in [5.41, 5.74) is 20.2. The van der Waals surface area contributed by atoms with Gasteiger partial charge in [0, 0.05) is 177 Å². The maximum absolute atomic E-state index is 11.5. The molecule has 132 heavy (non-hydrogen) atoms. The second-order valence-corrected chi connectivity index (χ2v) is 42.5. The number of hydrogen-bond donors (Lipinski definition) is 3. The van der Waals surface area contributed by atoms with Gasteiger partial charge in [-0.1, -0.05) is 228 Å². The van der Waals surface area contributed by atoms with Crippen molar-refractivity contribution >= 4 is 156 Å². The van der Waals surface area contributed by atoms with Crippen LogP contribution in [0.25, 0.3) is 155 Å². The Labute approximate surface area is 828 Å². The molecule has 0 unspecified atom stereocenters. The van der Waals surface area contributed by atoms with Gasteiger partial charge in [-0.2, -0.15) is 34.0 Å². The fourth-order valence-corrected chi connectivity index (χ4v) is 18.4. The third-order valence-corrected chi connectivity index (χ3v) is 26.0. The fourth-order valence-electron chi connectivity index (χ4n) is 14.1. The van der Waals surface area contributed by atoms with Crippen molar-refractivity contribution in [2.75, 3.05) is 0 Å². The number of oxazole rings is 1. The minimum Gasteiger partial charge on any atom is -0.512 e. The van der Waals surface area contributed by atoms with Crippen LogP contribution in [0, 0.1) is 92.2 Å². The van der Waals surface area contributed by atoms with Gasteiger partial charge >= 0.3 is 0 Å². The summed E-state index contributed by atoms with van der Waals surface area (Å²) in [5.74, 6) is 0.312. The van der Waals surface area contributed by atoms with Crippen molar-refractivity contribution < 1.29 is 94.4 Å². The number of aliphatic hydroxyl groups is 3. The summed E-state index contributed by atoms with van der Waals surface area (Å²) in [6.45, 7) is 46.2. The molecule has 24 heteroatoms. The van der Waals surface area contributed by atoms with Gasteiger partial charge in [0.25, 0.3) is 0 Å². The number of benzene rings is 9. The van der Waals surface area contributed by atoms with Gasteiger partial charge in [0.1, 0.15) is 48.2 Å². The zero-order valence-electron chi connectivity index (χ0n) is 78.7. The Kier molecular flexibility index (Phi) is 32.8. The van der Waals surface area contributed by atoms with Crippen LogP contribution in [0.4, 0.5) is 0 Å². The average Bonchev–Trinajstić information content (AvgIpc) is 1.61. The van der Waals surface area contributed by atoms with Crippen molar-refractivity contribution in [1.29, 1.82) is 0 Å². The standard InChI is InChI=1S/C25H17N4S.C25H16N3OS.C25H16N3S2.3C11H20O2.3Ir/c1-15-10-19-23-16(2)4-3-5-22(23)30-25(19)20(11-15)24-18-7-6-17(29-9-8-26-14-29)12-21(18)27-13-28-24;2*1-14-8-18-23-15(2)4-3-5-22(23)30-25(18)19(9-14)24-17-7-6-16(21-11-29-13-28-21)10-20(17)26-12-27-24;3*1-10(2,3)8(12)7-9(13)11(4,5)6;;;/h3-10,12-14H,1-2H3;2*3-8,10-13H,1-2H3;3*7,12H,1-6H3;;;/q3*-1;;;;;;. The van der Waals surface area contributed by atoms with Gasteiger partial charge in [0.05, 0.1) is 34.1 Å². The molecule has 0 saturated carbocycles. The van der Waals surface area contributed by atoms with Gasteiger partial charge < -0.3 is 24.3 Å². The van der Waals surface area contributed by atoms with Crippen LogP contribution in [-0.4, -0.2) is 82.1 Å². The van der Waals surface area contributed by atoms with Crippen LogP contribution in [0.5, 0.6) is 0 Å². The van der Waals surface area contributed by atoms with Gasteiger partial charge in [-0.25, -0.2) is 29.9 Å². The quantitative estimate of drug-likeness (QED) is 0.0691. The van der Waals surface area contributed by atoms with Crippen LogP contribution in [0.3, 0.4) is 0 Å². The number of thiophene rings is 3. The van der Waals surface area contributed by atoms with Crippen molar-refractivity contribution in [2.24, 2.45) is 32.5 Å². The molecule has 0 aliphatic carbocycles. The Morgan fingerprint density at radius 2 is 0.742 bits per heavy atom. The van der Waals surface area contributed by atoms with E-state index in [0.29, 0.717) is 0 Å². The van der Waals surface area contributed by atoms with Crippen LogP contribution >= 0.6 is 45.3 Å². The number of imidazole rings is 1. The second kappa shape index (κ2) is 41.8. The van der Waals surface area contributed by atoms with Gasteiger partial charge in [-0.15, -0.1) is 81.1 Å². The molecule has 3 radical (unpaired) electrons. The number of fused-ring (bicyclic) bond motifs is 12. The number of carbonyl (C=O) groups is 3. The van der Waals surface area contributed by atoms with E-state index in [1.165, 1.54) is 102 Å². The number of hydrogen-bond acceptors (Lipinski definition) is 20. The molecule has 0 atom stereocenters. The Bertz CT molecular complexity index is 6680. The van der Waals surface area contributed by atoms with E-state index in [1.807, 2.05) is 176 Å². The van der Waals surface area contributed by atoms with Crippen molar-refractivity contribution in [3.8, 4) is 62.0 Å². The number of aromatic nitrogens is 10. The molecular formula is C108H109Ir3N10O7S4-3. The van der Waals surface area contributed by atoms with Gasteiger partial charge in [-0.3, -0.25) is 29.3 Å². The summed E-state index contributed by atoms with van der Waals surface area (Å²) in [6.07, 6.45) is 17.5. The Morgan fingerprint density at radius 3 is 1.05 bits per heavy atom. The first-order valence-electron chi connectivity index (χ1n) is 42.6. The van der Waals surface area contributed by atoms with Crippen LogP contribution in [0.2, 0.25) is 0 Å². The van der Waals surface area contributed by atoms with E-state index in [4.69, 9.17) is 14.4 Å². The van der Waals surface area contributed by atoms with Gasteiger partial charge in [0.2, 0.25) is 0 Å². The molecule has 687 valence electrons. The normalized spacial score (nSPS) is 12.2. The van der Waals surface area contributed by atoms with Crippen molar-refractivity contribution in [3.05, 3.63) is 276 Å². The molecule has 18 rings (SSSR count). The zero-order chi connectivity index (χ0) is 93.3. The molecule has 0 bridgehead atoms. The van der Waals surface area contributed by atoms with Crippen LogP contribution in [0.1, 0.15) is 158 Å². The van der Waals surface area contributed by atoms with E-state index in [-0.39, 0.29) is 111 Å². The fraction of sp³-hybridized carbons (Fsp3) is 0.278. The van der Waals surface area contributed by atoms with Crippen molar-refractivity contribution in [3.63, 3.8) is 0 Å². The molecule has 0 amide bonds. The third kappa shape index (κ3) is 23.7. The summed E-state index contributed by atoms with van der Waals surface area (Å²) in [4.78, 5) is 75.0. The zero-order valence-corrected chi connectivity index (χ0v) is 89.2. The van der Waals surface area contributed by atoms with E-state index >= 15 is 0 Å². The smallest absolute Gasteiger partial charge is 0.181 e. The number of thiazole rings is 1. The molecule has 0 aliphatic rings. The number of allylic oxidation sites excluding steroid dienone is 6. The summed E-state index contributed by atoms with van der Waals surface area (Å²) < 4.78 is 14.7. The molecule has 0 spiro atoms. The first-order valence-corrected chi connectivity index (χ1v) is 46.0. The van der Waals surface area contributed by atoms with Gasteiger partial charge in [-0.05, 0) is 126 Å². The molecule has 9 aromatic heterocycles. The minimum atomic E-state index is -0.417. The molecule has 0 aliphatic heterocycles. The predicted molar refractivity (Wildman–Crippen MR) is 536 cm³/mol. The average molecular weight is 2360 g/mol. The number of rotatable bonds is 9. The topological polar surface area (TPSA) is 246 Å². The van der Waals surface area contributed by atoms with E-state index in [9.17, 15) is 29.7 Å². The number of aryl methyl sites for hydroxylation is 6. The Balaban J connectivity index is 0.000000171. The van der Waals surface area contributed by atoms with Crippen LogP contribution < -0.4 is 0 Å². The monoisotopic (exact) mass is 2360 g/mol. The van der Waals surface area contributed by atoms with Crippen molar-refractivity contribution in [1.82, 2.24) is 49.4 Å². The maximum Gasteiger partial charge on any atom is 0.181 e. The van der Waals surface area contributed by atoms with Crippen LogP contribution in [0.15, 0.2) is 229 Å². The number of nitrogens with zero attached hydrogens (tertiary/aromatic N) is 10. The summed E-state index contributed by atoms with van der Waals surface area (Å²) in [5, 5.41) is 41.6. The molecule has 18 aromatic rings. The third-order valence-electron chi connectivity index (χ3n) is 21.8. The minimum absolute atomic E-state index is 0. The molecule has 0 fully saturated rings.